The Kier molecular flexibility index (Phi) is 5.94. The van der Waals surface area contributed by atoms with Crippen molar-refractivity contribution >= 4 is 29.2 Å². The fourth-order valence-corrected chi connectivity index (χ4v) is 2.06. The summed E-state index contributed by atoms with van der Waals surface area (Å²) in [4.78, 5) is 0. The van der Waals surface area contributed by atoms with Gasteiger partial charge in [-0.15, -0.1) is 0 Å². The highest BCUT2D eigenvalue weighted by Crippen LogP contribution is 2.29. The molecule has 0 aromatic heterocycles. The third kappa shape index (κ3) is 4.96. The van der Waals surface area contributed by atoms with E-state index >= 15 is 0 Å². The predicted molar refractivity (Wildman–Crippen MR) is 97.7 cm³/mol. The van der Waals surface area contributed by atoms with Crippen LogP contribution in [0, 0.1) is 6.92 Å². The molecule has 0 radical (unpaired) electrons. The summed E-state index contributed by atoms with van der Waals surface area (Å²) in [6.07, 6.45) is 1.71. The van der Waals surface area contributed by atoms with Crippen molar-refractivity contribution in [2.75, 3.05) is 19.5 Å². The largest absolute Gasteiger partial charge is 0.493 e. The van der Waals surface area contributed by atoms with Gasteiger partial charge in [0.25, 0.3) is 0 Å². The summed E-state index contributed by atoms with van der Waals surface area (Å²) in [5.74, 6) is 1.29. The number of benzene rings is 2. The number of methoxy groups -OCH3 is 2. The van der Waals surface area contributed by atoms with E-state index in [0.29, 0.717) is 16.6 Å². The molecule has 0 saturated heterocycles. The van der Waals surface area contributed by atoms with Gasteiger partial charge in [-0.1, -0.05) is 29.8 Å². The van der Waals surface area contributed by atoms with Crippen molar-refractivity contribution in [1.29, 1.82) is 0 Å². The van der Waals surface area contributed by atoms with Gasteiger partial charge in [0.15, 0.2) is 16.6 Å². The van der Waals surface area contributed by atoms with Crippen LogP contribution in [0.3, 0.4) is 0 Å². The number of rotatable bonds is 5. The van der Waals surface area contributed by atoms with E-state index in [-0.39, 0.29) is 0 Å². The zero-order valence-corrected chi connectivity index (χ0v) is 14.1. The standard InChI is InChI=1S/C17H19N3O2S/c1-12-4-6-13(7-5-12)11-18-20-17(23)19-14-8-9-15(21-2)16(10-14)22-3/h4-11H,1-3H3,(H2,19,20,23)/b18-11-. The molecule has 120 valence electrons. The summed E-state index contributed by atoms with van der Waals surface area (Å²) in [7, 11) is 3.18. The number of ether oxygens (including phenoxy) is 2. The molecular formula is C17H19N3O2S. The van der Waals surface area contributed by atoms with Gasteiger partial charge in [-0.05, 0) is 36.8 Å². The van der Waals surface area contributed by atoms with Crippen LogP contribution in [0.2, 0.25) is 0 Å². The SMILES string of the molecule is COc1ccc(NC(=S)N/N=C\c2ccc(C)cc2)cc1OC. The Bertz CT molecular complexity index is 699. The minimum atomic E-state index is 0.389. The fourth-order valence-electron chi connectivity index (χ4n) is 1.89. The number of anilines is 1. The number of hydrazone groups is 1. The maximum Gasteiger partial charge on any atom is 0.191 e. The smallest absolute Gasteiger partial charge is 0.191 e. The number of aryl methyl sites for hydroxylation is 1. The third-order valence-electron chi connectivity index (χ3n) is 3.10. The average molecular weight is 329 g/mol. The van der Waals surface area contributed by atoms with Crippen LogP contribution in [0.1, 0.15) is 11.1 Å². The second-order valence-electron chi connectivity index (χ2n) is 4.80. The second kappa shape index (κ2) is 8.14. The van der Waals surface area contributed by atoms with Crippen LogP contribution in [0.5, 0.6) is 11.5 Å². The van der Waals surface area contributed by atoms with Gasteiger partial charge in [0.05, 0.1) is 20.4 Å². The van der Waals surface area contributed by atoms with E-state index in [0.717, 1.165) is 11.3 Å². The molecule has 23 heavy (non-hydrogen) atoms. The topological polar surface area (TPSA) is 54.9 Å². The molecule has 0 spiro atoms. The molecule has 0 bridgehead atoms. The Morgan fingerprint density at radius 3 is 2.39 bits per heavy atom. The molecule has 0 amide bonds. The molecule has 2 rings (SSSR count). The van der Waals surface area contributed by atoms with Crippen molar-refractivity contribution in [2.45, 2.75) is 6.92 Å². The quantitative estimate of drug-likeness (QED) is 0.501. The first-order valence-electron chi connectivity index (χ1n) is 7.01. The van der Waals surface area contributed by atoms with E-state index in [1.54, 1.807) is 32.6 Å². The van der Waals surface area contributed by atoms with E-state index in [2.05, 4.69) is 15.8 Å². The Balaban J connectivity index is 1.93. The van der Waals surface area contributed by atoms with Gasteiger partial charge in [-0.2, -0.15) is 5.10 Å². The lowest BCUT2D eigenvalue weighted by atomic mass is 10.2. The van der Waals surface area contributed by atoms with Gasteiger partial charge in [0.1, 0.15) is 0 Å². The first kappa shape index (κ1) is 16.8. The lowest BCUT2D eigenvalue weighted by molar-refractivity contribution is 0.355. The fraction of sp³-hybridized carbons (Fsp3) is 0.176. The van der Waals surface area contributed by atoms with E-state index in [1.807, 2.05) is 37.3 Å². The first-order chi connectivity index (χ1) is 11.1. The van der Waals surface area contributed by atoms with Gasteiger partial charge in [-0.25, -0.2) is 0 Å². The van der Waals surface area contributed by atoms with E-state index in [4.69, 9.17) is 21.7 Å². The lowest BCUT2D eigenvalue weighted by Crippen LogP contribution is -2.23. The molecule has 0 atom stereocenters. The molecular weight excluding hydrogens is 310 g/mol. The molecule has 2 aromatic carbocycles. The number of thiocarbonyl (C=S) groups is 1. The summed E-state index contributed by atoms with van der Waals surface area (Å²) in [6.45, 7) is 2.04. The summed E-state index contributed by atoms with van der Waals surface area (Å²) in [5, 5.41) is 7.53. The number of hydrogen-bond donors (Lipinski definition) is 2. The molecule has 0 aliphatic carbocycles. The van der Waals surface area contributed by atoms with Crippen molar-refractivity contribution in [2.24, 2.45) is 5.10 Å². The molecule has 0 saturated carbocycles. The minimum Gasteiger partial charge on any atom is -0.493 e. The predicted octanol–water partition coefficient (Wildman–Crippen LogP) is 3.33. The Labute approximate surface area is 141 Å². The molecule has 5 nitrogen and oxygen atoms in total. The van der Waals surface area contributed by atoms with Crippen LogP contribution in [0.4, 0.5) is 5.69 Å². The summed E-state index contributed by atoms with van der Waals surface area (Å²) in [5.41, 5.74) is 5.77. The van der Waals surface area contributed by atoms with Gasteiger partial charge in [0.2, 0.25) is 0 Å². The molecule has 0 aliphatic rings. The molecule has 0 fully saturated rings. The maximum atomic E-state index is 5.25. The average Bonchev–Trinajstić information content (AvgIpc) is 2.56. The van der Waals surface area contributed by atoms with Crippen LogP contribution in [-0.4, -0.2) is 25.5 Å². The van der Waals surface area contributed by atoms with Gasteiger partial charge in [-0.3, -0.25) is 5.43 Å². The first-order valence-corrected chi connectivity index (χ1v) is 7.42. The van der Waals surface area contributed by atoms with Crippen LogP contribution in [0.25, 0.3) is 0 Å². The van der Waals surface area contributed by atoms with Crippen LogP contribution in [0.15, 0.2) is 47.6 Å². The summed E-state index contributed by atoms with van der Waals surface area (Å²) >= 11 is 5.20. The van der Waals surface area contributed by atoms with Gasteiger partial charge in [0, 0.05) is 11.8 Å². The maximum absolute atomic E-state index is 5.25. The van der Waals surface area contributed by atoms with Crippen molar-refractivity contribution < 1.29 is 9.47 Å². The van der Waals surface area contributed by atoms with Crippen molar-refractivity contribution in [1.82, 2.24) is 5.43 Å². The third-order valence-corrected chi connectivity index (χ3v) is 3.29. The molecule has 2 aromatic rings. The lowest BCUT2D eigenvalue weighted by Gasteiger charge is -2.11. The van der Waals surface area contributed by atoms with Gasteiger partial charge >= 0.3 is 0 Å². The monoisotopic (exact) mass is 329 g/mol. The molecule has 6 heteroatoms. The number of nitrogens with one attached hydrogen (secondary N) is 2. The van der Waals surface area contributed by atoms with Crippen molar-refractivity contribution in [3.05, 3.63) is 53.6 Å². The summed E-state index contributed by atoms with van der Waals surface area (Å²) < 4.78 is 10.4. The highest BCUT2D eigenvalue weighted by molar-refractivity contribution is 7.80. The summed E-state index contributed by atoms with van der Waals surface area (Å²) in [6, 6.07) is 13.5. The highest BCUT2D eigenvalue weighted by atomic mass is 32.1. The molecule has 2 N–H and O–H groups in total. The number of hydrogen-bond acceptors (Lipinski definition) is 4. The minimum absolute atomic E-state index is 0.389. The van der Waals surface area contributed by atoms with Crippen LogP contribution < -0.4 is 20.2 Å². The zero-order valence-electron chi connectivity index (χ0n) is 13.3. The molecule has 0 unspecified atom stereocenters. The Morgan fingerprint density at radius 1 is 1.04 bits per heavy atom. The van der Waals surface area contributed by atoms with Crippen LogP contribution >= 0.6 is 12.2 Å². The van der Waals surface area contributed by atoms with Crippen molar-refractivity contribution in [3.8, 4) is 11.5 Å². The van der Waals surface area contributed by atoms with Crippen molar-refractivity contribution in [3.63, 3.8) is 0 Å². The van der Waals surface area contributed by atoms with Gasteiger partial charge < -0.3 is 14.8 Å². The second-order valence-corrected chi connectivity index (χ2v) is 5.21. The molecule has 0 heterocycles. The van der Waals surface area contributed by atoms with Crippen LogP contribution in [-0.2, 0) is 0 Å². The highest BCUT2D eigenvalue weighted by Gasteiger charge is 2.05. The molecule has 0 aliphatic heterocycles. The normalized spacial score (nSPS) is 10.4. The zero-order chi connectivity index (χ0) is 16.7. The number of nitrogens with zero attached hydrogens (tertiary/aromatic N) is 1. The van der Waals surface area contributed by atoms with E-state index in [1.165, 1.54) is 5.56 Å². The van der Waals surface area contributed by atoms with E-state index < -0.39 is 0 Å². The Hall–Kier alpha value is -2.60. The Morgan fingerprint density at radius 2 is 1.74 bits per heavy atom. The van der Waals surface area contributed by atoms with E-state index in [9.17, 15) is 0 Å².